The summed E-state index contributed by atoms with van der Waals surface area (Å²) in [7, 11) is 0. The molecule has 1 aliphatic rings. The van der Waals surface area contributed by atoms with Gasteiger partial charge in [-0.05, 0) is 78.5 Å². The Morgan fingerprint density at radius 3 is 2.73 bits per heavy atom. The van der Waals surface area contributed by atoms with Gasteiger partial charge in [0.25, 0.3) is 0 Å². The SMILES string of the molecule is CCC(Nc1ccc(I)cc1C)C1CC1. The van der Waals surface area contributed by atoms with Crippen LogP contribution in [-0.4, -0.2) is 6.04 Å². The molecule has 1 nitrogen and oxygen atoms in total. The van der Waals surface area contributed by atoms with Gasteiger partial charge >= 0.3 is 0 Å². The van der Waals surface area contributed by atoms with Crippen molar-refractivity contribution in [3.05, 3.63) is 27.3 Å². The first-order chi connectivity index (χ1) is 7.20. The molecule has 82 valence electrons. The van der Waals surface area contributed by atoms with Crippen LogP contribution in [0.2, 0.25) is 0 Å². The van der Waals surface area contributed by atoms with Crippen molar-refractivity contribution in [2.45, 2.75) is 39.2 Å². The third kappa shape index (κ3) is 2.86. The lowest BCUT2D eigenvalue weighted by Crippen LogP contribution is -2.21. The molecule has 2 rings (SSSR count). The third-order valence-electron chi connectivity index (χ3n) is 3.16. The summed E-state index contributed by atoms with van der Waals surface area (Å²) >= 11 is 2.36. The van der Waals surface area contributed by atoms with E-state index in [1.54, 1.807) is 0 Å². The summed E-state index contributed by atoms with van der Waals surface area (Å²) in [5, 5.41) is 3.68. The number of rotatable bonds is 4. The Labute approximate surface area is 106 Å². The lowest BCUT2D eigenvalue weighted by molar-refractivity contribution is 0.616. The van der Waals surface area contributed by atoms with Crippen molar-refractivity contribution in [3.63, 3.8) is 0 Å². The molecule has 0 amide bonds. The Morgan fingerprint density at radius 2 is 2.20 bits per heavy atom. The van der Waals surface area contributed by atoms with Crippen LogP contribution in [0, 0.1) is 16.4 Å². The molecule has 0 radical (unpaired) electrons. The van der Waals surface area contributed by atoms with Gasteiger partial charge in [-0.2, -0.15) is 0 Å². The van der Waals surface area contributed by atoms with Crippen LogP contribution in [0.4, 0.5) is 5.69 Å². The van der Waals surface area contributed by atoms with Crippen LogP contribution in [0.5, 0.6) is 0 Å². The van der Waals surface area contributed by atoms with E-state index in [0.29, 0.717) is 6.04 Å². The molecule has 1 aromatic carbocycles. The predicted octanol–water partition coefficient (Wildman–Crippen LogP) is 4.20. The van der Waals surface area contributed by atoms with Crippen LogP contribution in [0.3, 0.4) is 0 Å². The van der Waals surface area contributed by atoms with E-state index in [2.05, 4.69) is 60.0 Å². The van der Waals surface area contributed by atoms with Gasteiger partial charge in [-0.1, -0.05) is 6.92 Å². The van der Waals surface area contributed by atoms with Crippen molar-refractivity contribution in [1.29, 1.82) is 0 Å². The van der Waals surface area contributed by atoms with Crippen LogP contribution in [0.25, 0.3) is 0 Å². The van der Waals surface area contributed by atoms with Crippen molar-refractivity contribution >= 4 is 28.3 Å². The quantitative estimate of drug-likeness (QED) is 0.821. The van der Waals surface area contributed by atoms with Gasteiger partial charge in [-0.25, -0.2) is 0 Å². The van der Waals surface area contributed by atoms with Crippen molar-refractivity contribution in [3.8, 4) is 0 Å². The molecule has 0 aliphatic heterocycles. The molecule has 0 spiro atoms. The monoisotopic (exact) mass is 315 g/mol. The number of aryl methyl sites for hydroxylation is 1. The minimum Gasteiger partial charge on any atom is -0.382 e. The van der Waals surface area contributed by atoms with Gasteiger partial charge in [0.05, 0.1) is 0 Å². The van der Waals surface area contributed by atoms with Crippen molar-refractivity contribution in [1.82, 2.24) is 0 Å². The molecule has 1 fully saturated rings. The first kappa shape index (κ1) is 11.2. The molecule has 1 aliphatic carbocycles. The highest BCUT2D eigenvalue weighted by Crippen LogP contribution is 2.36. The molecular weight excluding hydrogens is 297 g/mol. The molecule has 0 heterocycles. The van der Waals surface area contributed by atoms with Crippen LogP contribution >= 0.6 is 22.6 Å². The van der Waals surface area contributed by atoms with Gasteiger partial charge in [0.1, 0.15) is 0 Å². The maximum atomic E-state index is 3.68. The van der Waals surface area contributed by atoms with Gasteiger partial charge in [-0.15, -0.1) is 0 Å². The molecule has 1 N–H and O–H groups in total. The van der Waals surface area contributed by atoms with Crippen LogP contribution in [-0.2, 0) is 0 Å². The fourth-order valence-electron chi connectivity index (χ4n) is 2.04. The van der Waals surface area contributed by atoms with Crippen LogP contribution in [0.15, 0.2) is 18.2 Å². The lowest BCUT2D eigenvalue weighted by Gasteiger charge is -2.19. The second-order valence-electron chi connectivity index (χ2n) is 4.46. The van der Waals surface area contributed by atoms with Gasteiger partial charge in [0.2, 0.25) is 0 Å². The summed E-state index contributed by atoms with van der Waals surface area (Å²) in [5.41, 5.74) is 2.68. The van der Waals surface area contributed by atoms with Crippen molar-refractivity contribution in [2.24, 2.45) is 5.92 Å². The highest BCUT2D eigenvalue weighted by Gasteiger charge is 2.29. The number of anilines is 1. The average Bonchev–Trinajstić information content (AvgIpc) is 3.00. The largest absolute Gasteiger partial charge is 0.382 e. The molecule has 2 heteroatoms. The third-order valence-corrected chi connectivity index (χ3v) is 3.83. The van der Waals surface area contributed by atoms with Crippen LogP contribution in [0.1, 0.15) is 31.7 Å². The summed E-state index contributed by atoms with van der Waals surface area (Å²) in [4.78, 5) is 0. The summed E-state index contributed by atoms with van der Waals surface area (Å²) < 4.78 is 1.31. The zero-order valence-electron chi connectivity index (χ0n) is 9.39. The smallest absolute Gasteiger partial charge is 0.0372 e. The molecule has 0 saturated heterocycles. The van der Waals surface area contributed by atoms with E-state index in [9.17, 15) is 0 Å². The fraction of sp³-hybridized carbons (Fsp3) is 0.538. The van der Waals surface area contributed by atoms with E-state index < -0.39 is 0 Å². The second kappa shape index (κ2) is 4.73. The molecule has 1 aromatic rings. The zero-order valence-corrected chi connectivity index (χ0v) is 11.5. The topological polar surface area (TPSA) is 12.0 Å². The summed E-state index contributed by atoms with van der Waals surface area (Å²) in [6.45, 7) is 4.46. The Kier molecular flexibility index (Phi) is 3.54. The lowest BCUT2D eigenvalue weighted by atomic mass is 10.1. The van der Waals surface area contributed by atoms with Crippen molar-refractivity contribution < 1.29 is 0 Å². The number of hydrogen-bond acceptors (Lipinski definition) is 1. The first-order valence-corrected chi connectivity index (χ1v) is 6.81. The molecule has 0 aromatic heterocycles. The molecule has 1 saturated carbocycles. The minimum atomic E-state index is 0.684. The summed E-state index contributed by atoms with van der Waals surface area (Å²) in [6.07, 6.45) is 4.06. The molecule has 0 bridgehead atoms. The van der Waals surface area contributed by atoms with E-state index in [1.807, 2.05) is 0 Å². The normalized spacial score (nSPS) is 17.5. The van der Waals surface area contributed by atoms with E-state index in [-0.39, 0.29) is 0 Å². The fourth-order valence-corrected chi connectivity index (χ4v) is 2.69. The Balaban J connectivity index is 2.08. The number of nitrogens with one attached hydrogen (secondary N) is 1. The molecular formula is C13H18IN. The second-order valence-corrected chi connectivity index (χ2v) is 5.70. The maximum absolute atomic E-state index is 3.68. The van der Waals surface area contributed by atoms with E-state index in [0.717, 1.165) is 5.92 Å². The number of halogens is 1. The van der Waals surface area contributed by atoms with Gasteiger partial charge in [-0.3, -0.25) is 0 Å². The Bertz CT molecular complexity index is 344. The van der Waals surface area contributed by atoms with E-state index >= 15 is 0 Å². The molecule has 15 heavy (non-hydrogen) atoms. The Hall–Kier alpha value is -0.250. The van der Waals surface area contributed by atoms with Gasteiger partial charge in [0, 0.05) is 15.3 Å². The average molecular weight is 315 g/mol. The molecule has 1 atom stereocenters. The molecule has 1 unspecified atom stereocenters. The van der Waals surface area contributed by atoms with Crippen molar-refractivity contribution in [2.75, 3.05) is 5.32 Å². The van der Waals surface area contributed by atoms with Crippen LogP contribution < -0.4 is 5.32 Å². The highest BCUT2D eigenvalue weighted by atomic mass is 127. The van der Waals surface area contributed by atoms with Gasteiger partial charge < -0.3 is 5.32 Å². The predicted molar refractivity (Wildman–Crippen MR) is 74.3 cm³/mol. The number of hydrogen-bond donors (Lipinski definition) is 1. The van der Waals surface area contributed by atoms with E-state index in [1.165, 1.54) is 34.1 Å². The highest BCUT2D eigenvalue weighted by molar-refractivity contribution is 14.1. The van der Waals surface area contributed by atoms with E-state index in [4.69, 9.17) is 0 Å². The van der Waals surface area contributed by atoms with Gasteiger partial charge in [0.15, 0.2) is 0 Å². The zero-order chi connectivity index (χ0) is 10.8. The minimum absolute atomic E-state index is 0.684. The summed E-state index contributed by atoms with van der Waals surface area (Å²) in [6, 6.07) is 7.31. The number of benzene rings is 1. The maximum Gasteiger partial charge on any atom is 0.0372 e. The first-order valence-electron chi connectivity index (χ1n) is 5.73. The Morgan fingerprint density at radius 1 is 1.47 bits per heavy atom. The summed E-state index contributed by atoms with van der Waals surface area (Å²) in [5.74, 6) is 0.925. The standard InChI is InChI=1S/C13H18IN/c1-3-12(10-4-5-10)15-13-7-6-11(14)8-9(13)2/h6-8,10,12,15H,3-5H2,1-2H3.